The number of hydrogen-bond acceptors (Lipinski definition) is 6. The maximum Gasteiger partial charge on any atom is 0.325 e. The first-order valence-electron chi connectivity index (χ1n) is 12.7. The van der Waals surface area contributed by atoms with Gasteiger partial charge in [0.25, 0.3) is 5.69 Å². The molecule has 2 aromatic carbocycles. The molecule has 0 bridgehead atoms. The number of non-ortho nitro benzene ring substituents is 1. The highest BCUT2D eigenvalue weighted by Gasteiger charge is 2.68. The van der Waals surface area contributed by atoms with E-state index in [1.165, 1.54) is 29.2 Å². The second-order valence-electron chi connectivity index (χ2n) is 10.2. The van der Waals surface area contributed by atoms with Crippen LogP contribution in [-0.4, -0.2) is 50.3 Å². The minimum Gasteiger partial charge on any atom is -0.480 e. The topological polar surface area (TPSA) is 130 Å². The van der Waals surface area contributed by atoms with Crippen LogP contribution in [-0.2, 0) is 20.8 Å². The molecule has 192 valence electrons. The molecule has 3 aliphatic rings. The summed E-state index contributed by atoms with van der Waals surface area (Å²) in [5.74, 6) is -3.90. The SMILES string of the molecule is O=C1C2C(C=Cc3ccccc3)NC(Cc3ccc([N+](=O)[O-])cc3)(C(=O)O)C2C(=O)N1C1CCCCC1. The molecule has 5 rings (SSSR count). The summed E-state index contributed by atoms with van der Waals surface area (Å²) >= 11 is 0. The number of carboxylic acids is 1. The molecule has 2 aliphatic heterocycles. The fraction of sp³-hybridized carbons (Fsp3) is 0.393. The van der Waals surface area contributed by atoms with E-state index >= 15 is 0 Å². The van der Waals surface area contributed by atoms with Crippen molar-refractivity contribution in [3.8, 4) is 0 Å². The smallest absolute Gasteiger partial charge is 0.325 e. The second kappa shape index (κ2) is 9.89. The predicted octanol–water partition coefficient (Wildman–Crippen LogP) is 3.58. The van der Waals surface area contributed by atoms with Gasteiger partial charge in [-0.25, -0.2) is 0 Å². The van der Waals surface area contributed by atoms with Gasteiger partial charge < -0.3 is 5.11 Å². The molecule has 37 heavy (non-hydrogen) atoms. The number of hydrogen-bond donors (Lipinski definition) is 2. The van der Waals surface area contributed by atoms with Gasteiger partial charge in [-0.1, -0.05) is 73.9 Å². The predicted molar refractivity (Wildman–Crippen MR) is 135 cm³/mol. The molecule has 4 unspecified atom stereocenters. The molecule has 0 spiro atoms. The number of fused-ring (bicyclic) bond motifs is 1. The van der Waals surface area contributed by atoms with Crippen molar-refractivity contribution >= 4 is 29.5 Å². The highest BCUT2D eigenvalue weighted by atomic mass is 16.6. The molecule has 1 saturated carbocycles. The van der Waals surface area contributed by atoms with Crippen molar-refractivity contribution in [1.82, 2.24) is 10.2 Å². The van der Waals surface area contributed by atoms with Gasteiger partial charge in [-0.15, -0.1) is 0 Å². The minimum atomic E-state index is -1.73. The van der Waals surface area contributed by atoms with E-state index in [1.807, 2.05) is 36.4 Å². The standard InChI is InChI=1S/C28H29N3O6/c32-25-23-22(16-13-18-7-3-1-4-8-18)29-28(27(34)35,17-19-11-14-21(15-12-19)31(36)37)24(23)26(33)30(25)20-9-5-2-6-10-20/h1,3-4,7-8,11-16,20,22-24,29H,2,5-6,9-10,17H2,(H,34,35). The third-order valence-corrected chi connectivity index (χ3v) is 7.97. The van der Waals surface area contributed by atoms with Gasteiger partial charge in [-0.3, -0.25) is 34.7 Å². The van der Waals surface area contributed by atoms with Gasteiger partial charge >= 0.3 is 5.97 Å². The van der Waals surface area contributed by atoms with E-state index in [2.05, 4.69) is 5.32 Å². The van der Waals surface area contributed by atoms with E-state index in [9.17, 15) is 29.6 Å². The summed E-state index contributed by atoms with van der Waals surface area (Å²) in [6.07, 6.45) is 7.91. The average molecular weight is 504 g/mol. The normalized spacial score (nSPS) is 28.1. The molecule has 2 saturated heterocycles. The van der Waals surface area contributed by atoms with Gasteiger partial charge in [-0.2, -0.15) is 0 Å². The Labute approximate surface area is 214 Å². The summed E-state index contributed by atoms with van der Waals surface area (Å²) in [4.78, 5) is 52.5. The van der Waals surface area contributed by atoms with Crippen LogP contribution in [0.5, 0.6) is 0 Å². The molecule has 4 atom stereocenters. The summed E-state index contributed by atoms with van der Waals surface area (Å²) in [5, 5.41) is 24.8. The van der Waals surface area contributed by atoms with Gasteiger partial charge in [0, 0.05) is 30.6 Å². The molecule has 2 heterocycles. The molecular weight excluding hydrogens is 474 g/mol. The van der Waals surface area contributed by atoms with E-state index in [0.717, 1.165) is 37.7 Å². The van der Waals surface area contributed by atoms with Crippen LogP contribution in [0.25, 0.3) is 6.08 Å². The Bertz CT molecular complexity index is 1240. The number of aliphatic carboxylic acids is 1. The largest absolute Gasteiger partial charge is 0.480 e. The Hall–Kier alpha value is -3.85. The summed E-state index contributed by atoms with van der Waals surface area (Å²) in [5.41, 5.74) is -0.416. The van der Waals surface area contributed by atoms with Crippen molar-refractivity contribution in [2.75, 3.05) is 0 Å². The summed E-state index contributed by atoms with van der Waals surface area (Å²) < 4.78 is 0. The van der Waals surface area contributed by atoms with Crippen molar-refractivity contribution in [3.05, 3.63) is 81.9 Å². The van der Waals surface area contributed by atoms with Crippen LogP contribution < -0.4 is 5.32 Å². The third kappa shape index (κ3) is 4.44. The number of benzene rings is 2. The lowest BCUT2D eigenvalue weighted by atomic mass is 9.76. The fourth-order valence-corrected chi connectivity index (χ4v) is 6.21. The molecule has 0 aromatic heterocycles. The van der Waals surface area contributed by atoms with Crippen molar-refractivity contribution in [1.29, 1.82) is 0 Å². The number of nitro groups is 1. The summed E-state index contributed by atoms with van der Waals surface area (Å²) in [6.45, 7) is 0. The Morgan fingerprint density at radius 1 is 1.05 bits per heavy atom. The van der Waals surface area contributed by atoms with Crippen LogP contribution in [0.4, 0.5) is 5.69 Å². The lowest BCUT2D eigenvalue weighted by Gasteiger charge is -2.34. The molecule has 9 nitrogen and oxygen atoms in total. The van der Waals surface area contributed by atoms with E-state index in [-0.39, 0.29) is 24.1 Å². The van der Waals surface area contributed by atoms with Crippen molar-refractivity contribution < 1.29 is 24.4 Å². The first-order chi connectivity index (χ1) is 17.8. The van der Waals surface area contributed by atoms with Gasteiger partial charge in [-0.05, 0) is 24.0 Å². The van der Waals surface area contributed by atoms with E-state index < -0.39 is 40.2 Å². The number of amides is 2. The molecule has 3 fully saturated rings. The first-order valence-corrected chi connectivity index (χ1v) is 12.7. The Morgan fingerprint density at radius 2 is 1.73 bits per heavy atom. The first kappa shape index (κ1) is 24.8. The van der Waals surface area contributed by atoms with Gasteiger partial charge in [0.15, 0.2) is 0 Å². The van der Waals surface area contributed by atoms with E-state index in [4.69, 9.17) is 0 Å². The molecule has 1 aliphatic carbocycles. The number of rotatable bonds is 7. The molecular formula is C28H29N3O6. The second-order valence-corrected chi connectivity index (χ2v) is 10.2. The quantitative estimate of drug-likeness (QED) is 0.336. The fourth-order valence-electron chi connectivity index (χ4n) is 6.21. The van der Waals surface area contributed by atoms with Crippen LogP contribution in [0.2, 0.25) is 0 Å². The Balaban J connectivity index is 1.54. The monoisotopic (exact) mass is 503 g/mol. The van der Waals surface area contributed by atoms with Crippen LogP contribution in [0.3, 0.4) is 0 Å². The zero-order chi connectivity index (χ0) is 26.2. The minimum absolute atomic E-state index is 0.0886. The Morgan fingerprint density at radius 3 is 2.35 bits per heavy atom. The highest BCUT2D eigenvalue weighted by Crippen LogP contribution is 2.47. The Kier molecular flexibility index (Phi) is 6.64. The third-order valence-electron chi connectivity index (χ3n) is 7.97. The number of nitrogens with one attached hydrogen (secondary N) is 1. The molecule has 2 N–H and O–H groups in total. The number of imide groups is 1. The van der Waals surface area contributed by atoms with Gasteiger partial charge in [0.2, 0.25) is 11.8 Å². The zero-order valence-electron chi connectivity index (χ0n) is 20.3. The number of carbonyl (C=O) groups excluding carboxylic acids is 2. The summed E-state index contributed by atoms with van der Waals surface area (Å²) in [6, 6.07) is 14.3. The number of nitrogens with zero attached hydrogens (tertiary/aromatic N) is 2. The number of carboxylic acid groups (broad SMARTS) is 1. The molecule has 0 radical (unpaired) electrons. The number of carbonyl (C=O) groups is 3. The maximum absolute atomic E-state index is 13.9. The van der Waals surface area contributed by atoms with Crippen molar-refractivity contribution in [3.63, 3.8) is 0 Å². The summed E-state index contributed by atoms with van der Waals surface area (Å²) in [7, 11) is 0. The maximum atomic E-state index is 13.9. The van der Waals surface area contributed by atoms with Crippen LogP contribution >= 0.6 is 0 Å². The number of likely N-dealkylation sites (tertiary alicyclic amines) is 1. The van der Waals surface area contributed by atoms with Crippen LogP contribution in [0.15, 0.2) is 60.7 Å². The lowest BCUT2D eigenvalue weighted by molar-refractivity contribution is -0.384. The van der Waals surface area contributed by atoms with Crippen LogP contribution in [0, 0.1) is 22.0 Å². The van der Waals surface area contributed by atoms with Crippen molar-refractivity contribution in [2.24, 2.45) is 11.8 Å². The molecule has 2 aromatic rings. The van der Waals surface area contributed by atoms with E-state index in [0.29, 0.717) is 5.56 Å². The van der Waals surface area contributed by atoms with Crippen LogP contribution in [0.1, 0.15) is 43.2 Å². The highest BCUT2D eigenvalue weighted by molar-refractivity contribution is 6.10. The lowest BCUT2D eigenvalue weighted by Crippen LogP contribution is -2.58. The van der Waals surface area contributed by atoms with Gasteiger partial charge in [0.05, 0.1) is 16.8 Å². The van der Waals surface area contributed by atoms with Crippen molar-refractivity contribution in [2.45, 2.75) is 56.1 Å². The van der Waals surface area contributed by atoms with Gasteiger partial charge in [0.1, 0.15) is 5.54 Å². The zero-order valence-corrected chi connectivity index (χ0v) is 20.3. The molecule has 9 heteroatoms. The average Bonchev–Trinajstić information content (AvgIpc) is 3.37. The molecule has 2 amide bonds. The van der Waals surface area contributed by atoms with E-state index in [1.54, 1.807) is 6.08 Å². The number of nitro benzene ring substituents is 1.